The second-order valence-electron chi connectivity index (χ2n) is 4.99. The normalized spacial score (nSPS) is 10.2. The van der Waals surface area contributed by atoms with E-state index in [0.29, 0.717) is 30.2 Å². The van der Waals surface area contributed by atoms with Crippen molar-refractivity contribution < 1.29 is 9.53 Å². The second-order valence-corrected chi connectivity index (χ2v) is 4.99. The number of aromatic nitrogens is 1. The predicted molar refractivity (Wildman–Crippen MR) is 86.7 cm³/mol. The number of carbonyl (C=O) groups excluding carboxylic acids is 1. The Morgan fingerprint density at radius 3 is 2.73 bits per heavy atom. The molecule has 5 nitrogen and oxygen atoms in total. The molecule has 0 saturated heterocycles. The summed E-state index contributed by atoms with van der Waals surface area (Å²) in [5, 5.41) is 2.85. The smallest absolute Gasteiger partial charge is 0.251 e. The fourth-order valence-corrected chi connectivity index (χ4v) is 1.93. The minimum Gasteiger partial charge on any atom is -0.491 e. The van der Waals surface area contributed by atoms with E-state index < -0.39 is 0 Å². The zero-order valence-corrected chi connectivity index (χ0v) is 12.7. The van der Waals surface area contributed by atoms with Crippen LogP contribution in [0.3, 0.4) is 0 Å². The molecule has 0 spiro atoms. The fourth-order valence-electron chi connectivity index (χ4n) is 1.93. The summed E-state index contributed by atoms with van der Waals surface area (Å²) in [6.45, 7) is 3.19. The molecule has 2 aromatic rings. The van der Waals surface area contributed by atoms with Crippen LogP contribution >= 0.6 is 0 Å². The molecule has 1 heterocycles. The topological polar surface area (TPSA) is 77.2 Å². The molecule has 1 aromatic carbocycles. The van der Waals surface area contributed by atoms with Crippen LogP contribution in [0.4, 0.5) is 5.69 Å². The van der Waals surface area contributed by atoms with Crippen LogP contribution in [0.15, 0.2) is 42.7 Å². The molecule has 116 valence electrons. The first kappa shape index (κ1) is 15.8. The van der Waals surface area contributed by atoms with Gasteiger partial charge in [0.15, 0.2) is 0 Å². The number of benzene rings is 1. The maximum Gasteiger partial charge on any atom is 0.251 e. The molecule has 0 aliphatic carbocycles. The molecule has 5 heteroatoms. The van der Waals surface area contributed by atoms with E-state index in [1.54, 1.807) is 30.6 Å². The zero-order valence-electron chi connectivity index (χ0n) is 12.7. The summed E-state index contributed by atoms with van der Waals surface area (Å²) in [5.41, 5.74) is 7.93. The van der Waals surface area contributed by atoms with E-state index in [-0.39, 0.29) is 5.91 Å². The largest absolute Gasteiger partial charge is 0.491 e. The average molecular weight is 299 g/mol. The van der Waals surface area contributed by atoms with Gasteiger partial charge in [-0.05, 0) is 42.3 Å². The lowest BCUT2D eigenvalue weighted by Gasteiger charge is -2.10. The molecule has 0 bridgehead atoms. The molecular formula is C17H21N3O2. The predicted octanol–water partition coefficient (Wildman–Crippen LogP) is 2.77. The Bertz CT molecular complexity index is 615. The van der Waals surface area contributed by atoms with Crippen molar-refractivity contribution in [3.8, 4) is 5.75 Å². The number of nitrogens with one attached hydrogen (secondary N) is 1. The lowest BCUT2D eigenvalue weighted by atomic mass is 10.1. The van der Waals surface area contributed by atoms with Gasteiger partial charge < -0.3 is 15.8 Å². The van der Waals surface area contributed by atoms with Gasteiger partial charge in [0.05, 0.1) is 12.3 Å². The van der Waals surface area contributed by atoms with Gasteiger partial charge in [0.1, 0.15) is 5.75 Å². The third-order valence-electron chi connectivity index (χ3n) is 3.23. The van der Waals surface area contributed by atoms with E-state index in [0.717, 1.165) is 18.4 Å². The molecule has 1 amide bonds. The SMILES string of the molecule is CCCCOc1ccc(C(=O)NCc2ccncc2)cc1N. The summed E-state index contributed by atoms with van der Waals surface area (Å²) < 4.78 is 5.58. The van der Waals surface area contributed by atoms with E-state index in [4.69, 9.17) is 10.5 Å². The highest BCUT2D eigenvalue weighted by molar-refractivity contribution is 5.95. The molecule has 22 heavy (non-hydrogen) atoms. The average Bonchev–Trinajstić information content (AvgIpc) is 2.55. The highest BCUT2D eigenvalue weighted by Gasteiger charge is 2.08. The molecule has 2 rings (SSSR count). The maximum atomic E-state index is 12.1. The van der Waals surface area contributed by atoms with Crippen molar-refractivity contribution >= 4 is 11.6 Å². The molecule has 0 aliphatic rings. The van der Waals surface area contributed by atoms with Gasteiger partial charge in [0, 0.05) is 24.5 Å². The van der Waals surface area contributed by atoms with Crippen molar-refractivity contribution in [3.63, 3.8) is 0 Å². The number of hydrogen-bond donors (Lipinski definition) is 2. The lowest BCUT2D eigenvalue weighted by molar-refractivity contribution is 0.0951. The standard InChI is InChI=1S/C17H21N3O2/c1-2-3-10-22-16-5-4-14(11-15(16)18)17(21)20-12-13-6-8-19-9-7-13/h4-9,11H,2-3,10,12,18H2,1H3,(H,20,21). The van der Waals surface area contributed by atoms with Crippen molar-refractivity contribution in [2.75, 3.05) is 12.3 Å². The van der Waals surface area contributed by atoms with Crippen LogP contribution in [0.25, 0.3) is 0 Å². The molecule has 3 N–H and O–H groups in total. The number of nitrogens with two attached hydrogens (primary N) is 1. The third kappa shape index (κ3) is 4.48. The molecule has 0 unspecified atom stereocenters. The van der Waals surface area contributed by atoms with Crippen molar-refractivity contribution in [3.05, 3.63) is 53.9 Å². The highest BCUT2D eigenvalue weighted by atomic mass is 16.5. The monoisotopic (exact) mass is 299 g/mol. The van der Waals surface area contributed by atoms with Crippen molar-refractivity contribution in [2.45, 2.75) is 26.3 Å². The summed E-state index contributed by atoms with van der Waals surface area (Å²) in [7, 11) is 0. The lowest BCUT2D eigenvalue weighted by Crippen LogP contribution is -2.22. The number of carbonyl (C=O) groups is 1. The third-order valence-corrected chi connectivity index (χ3v) is 3.23. The van der Waals surface area contributed by atoms with Crippen LogP contribution < -0.4 is 15.8 Å². The maximum absolute atomic E-state index is 12.1. The van der Waals surface area contributed by atoms with Gasteiger partial charge in [0.2, 0.25) is 0 Å². The number of anilines is 1. The minimum atomic E-state index is -0.163. The van der Waals surface area contributed by atoms with Crippen LogP contribution in [-0.2, 0) is 6.54 Å². The molecule has 0 radical (unpaired) electrons. The Morgan fingerprint density at radius 2 is 2.05 bits per heavy atom. The van der Waals surface area contributed by atoms with E-state index in [9.17, 15) is 4.79 Å². The van der Waals surface area contributed by atoms with E-state index in [1.807, 2.05) is 12.1 Å². The molecule has 0 fully saturated rings. The Morgan fingerprint density at radius 1 is 1.27 bits per heavy atom. The Hall–Kier alpha value is -2.56. The number of nitrogens with zero attached hydrogens (tertiary/aromatic N) is 1. The highest BCUT2D eigenvalue weighted by Crippen LogP contribution is 2.22. The summed E-state index contributed by atoms with van der Waals surface area (Å²) in [6, 6.07) is 8.83. The van der Waals surface area contributed by atoms with E-state index in [2.05, 4.69) is 17.2 Å². The molecule has 1 aromatic heterocycles. The Balaban J connectivity index is 1.94. The summed E-state index contributed by atoms with van der Waals surface area (Å²) in [5.74, 6) is 0.461. The van der Waals surface area contributed by atoms with Gasteiger partial charge >= 0.3 is 0 Å². The number of amides is 1. The first-order chi connectivity index (χ1) is 10.7. The summed E-state index contributed by atoms with van der Waals surface area (Å²) in [6.07, 6.45) is 5.44. The van der Waals surface area contributed by atoms with Gasteiger partial charge in [-0.15, -0.1) is 0 Å². The molecule has 0 saturated carbocycles. The van der Waals surface area contributed by atoms with Crippen LogP contribution in [0.2, 0.25) is 0 Å². The van der Waals surface area contributed by atoms with Gasteiger partial charge in [-0.1, -0.05) is 13.3 Å². The molecule has 0 aliphatic heterocycles. The number of pyridine rings is 1. The van der Waals surface area contributed by atoms with Gasteiger partial charge in [0.25, 0.3) is 5.91 Å². The number of unbranched alkanes of at least 4 members (excludes halogenated alkanes) is 1. The number of hydrogen-bond acceptors (Lipinski definition) is 4. The Kier molecular flexibility index (Phi) is 5.77. The Labute approximate surface area is 130 Å². The van der Waals surface area contributed by atoms with E-state index >= 15 is 0 Å². The minimum absolute atomic E-state index is 0.163. The van der Waals surface area contributed by atoms with Crippen molar-refractivity contribution in [1.29, 1.82) is 0 Å². The van der Waals surface area contributed by atoms with Crippen LogP contribution in [0, 0.1) is 0 Å². The first-order valence-corrected chi connectivity index (χ1v) is 7.40. The second kappa shape index (κ2) is 8.02. The van der Waals surface area contributed by atoms with Gasteiger partial charge in [-0.2, -0.15) is 0 Å². The first-order valence-electron chi connectivity index (χ1n) is 7.40. The van der Waals surface area contributed by atoms with Crippen molar-refractivity contribution in [2.24, 2.45) is 0 Å². The quantitative estimate of drug-likeness (QED) is 0.609. The van der Waals surface area contributed by atoms with Gasteiger partial charge in [-0.3, -0.25) is 9.78 Å². The van der Waals surface area contributed by atoms with Crippen molar-refractivity contribution in [1.82, 2.24) is 10.3 Å². The van der Waals surface area contributed by atoms with E-state index in [1.165, 1.54) is 0 Å². The van der Waals surface area contributed by atoms with Crippen LogP contribution in [0.1, 0.15) is 35.7 Å². The fraction of sp³-hybridized carbons (Fsp3) is 0.294. The molecule has 0 atom stereocenters. The molecular weight excluding hydrogens is 278 g/mol. The number of ether oxygens (including phenoxy) is 1. The number of nitrogen functional groups attached to an aromatic ring is 1. The van der Waals surface area contributed by atoms with Crippen LogP contribution in [-0.4, -0.2) is 17.5 Å². The number of rotatable bonds is 7. The zero-order chi connectivity index (χ0) is 15.8. The van der Waals surface area contributed by atoms with Crippen LogP contribution in [0.5, 0.6) is 5.75 Å². The van der Waals surface area contributed by atoms with Gasteiger partial charge in [-0.25, -0.2) is 0 Å². The summed E-state index contributed by atoms with van der Waals surface area (Å²) >= 11 is 0. The summed E-state index contributed by atoms with van der Waals surface area (Å²) in [4.78, 5) is 16.1.